The topological polar surface area (TPSA) is 185 Å². The van der Waals surface area contributed by atoms with E-state index < -0.39 is 91.0 Å². The summed E-state index contributed by atoms with van der Waals surface area (Å²) in [5, 5.41) is 3.00. The fraction of sp³-hybridized carbons (Fsp3) is 0.800. The number of methoxy groups -OCH3 is 1. The summed E-state index contributed by atoms with van der Waals surface area (Å²) in [7, 11) is 1.32. The van der Waals surface area contributed by atoms with E-state index in [1.807, 2.05) is 0 Å². The first-order valence-electron chi connectivity index (χ1n) is 13.1. The highest BCUT2D eigenvalue weighted by Crippen LogP contribution is 2.41. The molecular formula is C25H36N2O14. The molecule has 0 amide bonds. The maximum absolute atomic E-state index is 12.0. The van der Waals surface area contributed by atoms with E-state index in [1.54, 1.807) is 13.8 Å². The number of carbonyl (C=O) groups is 4. The van der Waals surface area contributed by atoms with Crippen LogP contribution in [0.25, 0.3) is 0 Å². The Kier molecular flexibility index (Phi) is 9.38. The molecule has 16 heteroatoms. The molecule has 4 heterocycles. The van der Waals surface area contributed by atoms with Gasteiger partial charge in [-0.2, -0.15) is 0 Å². The van der Waals surface area contributed by atoms with E-state index in [0.717, 1.165) is 0 Å². The molecule has 0 radical (unpaired) electrons. The van der Waals surface area contributed by atoms with Crippen molar-refractivity contribution in [1.82, 2.24) is 5.32 Å². The highest BCUT2D eigenvalue weighted by molar-refractivity contribution is 5.75. The fourth-order valence-electron chi connectivity index (χ4n) is 5.21. The second-order valence-electron chi connectivity index (χ2n) is 10.3. The zero-order valence-corrected chi connectivity index (χ0v) is 23.9. The van der Waals surface area contributed by atoms with Crippen molar-refractivity contribution in [3.05, 3.63) is 0 Å². The van der Waals surface area contributed by atoms with Crippen LogP contribution in [0.5, 0.6) is 0 Å². The molecule has 10 atom stereocenters. The summed E-state index contributed by atoms with van der Waals surface area (Å²) in [6.45, 7) is 8.39. The number of nitrogens with zero attached hydrogens (tertiary/aromatic N) is 1. The normalized spacial score (nSPS) is 37.3. The van der Waals surface area contributed by atoms with E-state index in [2.05, 4.69) is 10.3 Å². The Morgan fingerprint density at radius 3 is 2.00 bits per heavy atom. The summed E-state index contributed by atoms with van der Waals surface area (Å²) in [5.74, 6) is -3.48. The number of esters is 4. The smallest absolute Gasteiger partial charge is 0.305 e. The Morgan fingerprint density at radius 1 is 0.805 bits per heavy atom. The summed E-state index contributed by atoms with van der Waals surface area (Å²) in [6.07, 6.45) is -8.51. The largest absolute Gasteiger partial charge is 0.463 e. The van der Waals surface area contributed by atoms with E-state index >= 15 is 0 Å². The van der Waals surface area contributed by atoms with Crippen molar-refractivity contribution in [2.24, 2.45) is 4.99 Å². The maximum atomic E-state index is 12.0. The van der Waals surface area contributed by atoms with Gasteiger partial charge in [0.2, 0.25) is 6.29 Å². The van der Waals surface area contributed by atoms with Gasteiger partial charge in [0, 0.05) is 41.3 Å². The van der Waals surface area contributed by atoms with Crippen LogP contribution < -0.4 is 5.32 Å². The lowest BCUT2D eigenvalue weighted by Gasteiger charge is -2.44. The van der Waals surface area contributed by atoms with Crippen LogP contribution in [-0.2, 0) is 66.5 Å². The predicted molar refractivity (Wildman–Crippen MR) is 132 cm³/mol. The molecule has 0 aromatic carbocycles. The molecule has 4 aliphatic heterocycles. The summed E-state index contributed by atoms with van der Waals surface area (Å²) in [5.41, 5.74) is 0. The Balaban J connectivity index is 1.48. The van der Waals surface area contributed by atoms with Crippen LogP contribution in [0.15, 0.2) is 4.99 Å². The number of aliphatic imine (C=N–C) groups is 1. The van der Waals surface area contributed by atoms with Crippen molar-refractivity contribution in [2.45, 2.75) is 109 Å². The van der Waals surface area contributed by atoms with Gasteiger partial charge in [-0.3, -0.25) is 19.2 Å². The first kappa shape index (κ1) is 30.9. The third-order valence-electron chi connectivity index (χ3n) is 6.57. The number of fused-ring (bicyclic) bond motifs is 1. The fourth-order valence-corrected chi connectivity index (χ4v) is 5.21. The molecule has 0 aromatic heterocycles. The van der Waals surface area contributed by atoms with E-state index in [0.29, 0.717) is 0 Å². The van der Waals surface area contributed by atoms with Crippen LogP contribution in [-0.4, -0.2) is 117 Å². The van der Waals surface area contributed by atoms with Gasteiger partial charge < -0.3 is 52.7 Å². The van der Waals surface area contributed by atoms with Crippen LogP contribution in [0, 0.1) is 0 Å². The molecule has 4 aliphatic rings. The van der Waals surface area contributed by atoms with Gasteiger partial charge in [-0.1, -0.05) is 0 Å². The average molecular weight is 589 g/mol. The Bertz CT molecular complexity index is 1050. The zero-order chi connectivity index (χ0) is 30.1. The first-order valence-corrected chi connectivity index (χ1v) is 13.1. The van der Waals surface area contributed by atoms with Gasteiger partial charge in [0.1, 0.15) is 31.0 Å². The predicted octanol–water partition coefficient (Wildman–Crippen LogP) is -0.695. The van der Waals surface area contributed by atoms with Gasteiger partial charge in [0.25, 0.3) is 6.02 Å². The minimum absolute atomic E-state index is 0.0335. The third kappa shape index (κ3) is 7.24. The van der Waals surface area contributed by atoms with Crippen LogP contribution in [0.4, 0.5) is 0 Å². The van der Waals surface area contributed by atoms with Crippen LogP contribution >= 0.6 is 0 Å². The van der Waals surface area contributed by atoms with E-state index in [-0.39, 0.29) is 19.2 Å². The van der Waals surface area contributed by atoms with Crippen molar-refractivity contribution in [2.75, 3.05) is 20.3 Å². The molecule has 0 unspecified atom stereocenters. The van der Waals surface area contributed by atoms with Gasteiger partial charge in [-0.15, -0.1) is 0 Å². The third-order valence-corrected chi connectivity index (χ3v) is 6.57. The molecule has 0 saturated carbocycles. The standard InChI is InChI=1S/C25H36N2O14/c1-10(28)34-17-15(38-22(32-7)20(36-12(3)30)18(17)35-11(2)29)8-26-24-27-14(9-33-24)16-19-21(41-25(5,6)40-19)23(39-16)37-13(4)31/h14-23H,8-9H2,1-7H3,(H,26,27)/t14-,15-,16-,17-,18+,19+,20-,21+,22+,23+/m1/s1. The van der Waals surface area contributed by atoms with Crippen molar-refractivity contribution < 1.29 is 66.5 Å². The van der Waals surface area contributed by atoms with Crippen LogP contribution in [0.2, 0.25) is 0 Å². The molecule has 3 saturated heterocycles. The minimum atomic E-state index is -1.23. The van der Waals surface area contributed by atoms with Gasteiger partial charge in [0.05, 0.1) is 0 Å². The molecule has 16 nitrogen and oxygen atoms in total. The molecule has 0 aliphatic carbocycles. The summed E-state index contributed by atoms with van der Waals surface area (Å²) >= 11 is 0. The summed E-state index contributed by atoms with van der Waals surface area (Å²) in [4.78, 5) is 51.8. The number of nitrogens with one attached hydrogen (secondary N) is 1. The lowest BCUT2D eigenvalue weighted by Crippen LogP contribution is -2.63. The van der Waals surface area contributed by atoms with Crippen LogP contribution in [0.1, 0.15) is 41.5 Å². The average Bonchev–Trinajstić information content (AvgIpc) is 3.53. The number of carbonyl (C=O) groups excluding carboxylic acids is 4. The number of hydrogen-bond acceptors (Lipinski definition) is 16. The maximum Gasteiger partial charge on any atom is 0.305 e. The monoisotopic (exact) mass is 588 g/mol. The highest BCUT2D eigenvalue weighted by Gasteiger charge is 2.59. The van der Waals surface area contributed by atoms with E-state index in [9.17, 15) is 19.2 Å². The van der Waals surface area contributed by atoms with Gasteiger partial charge in [-0.05, 0) is 13.8 Å². The molecule has 41 heavy (non-hydrogen) atoms. The molecule has 4 rings (SSSR count). The second-order valence-corrected chi connectivity index (χ2v) is 10.3. The van der Waals surface area contributed by atoms with Gasteiger partial charge in [0.15, 0.2) is 36.5 Å². The first-order chi connectivity index (χ1) is 19.3. The van der Waals surface area contributed by atoms with Gasteiger partial charge >= 0.3 is 23.9 Å². The number of hydrogen-bond donors (Lipinski definition) is 1. The molecular weight excluding hydrogens is 552 g/mol. The second kappa shape index (κ2) is 12.4. The lowest BCUT2D eigenvalue weighted by molar-refractivity contribution is -0.296. The van der Waals surface area contributed by atoms with E-state index in [4.69, 9.17) is 47.4 Å². The molecule has 230 valence electrons. The summed E-state index contributed by atoms with van der Waals surface area (Å²) < 4.78 is 56.3. The minimum Gasteiger partial charge on any atom is -0.463 e. The number of amidine groups is 1. The Labute approximate surface area is 236 Å². The van der Waals surface area contributed by atoms with Crippen molar-refractivity contribution in [1.29, 1.82) is 0 Å². The van der Waals surface area contributed by atoms with Crippen molar-refractivity contribution >= 4 is 29.9 Å². The van der Waals surface area contributed by atoms with Gasteiger partial charge in [-0.25, -0.2) is 4.99 Å². The Hall–Kier alpha value is -3.05. The number of ether oxygens (including phenoxy) is 10. The lowest BCUT2D eigenvalue weighted by atomic mass is 9.97. The SMILES string of the molecule is CO[C@H]1O[C@H](CNC2=N[C@@H]([C@H]3O[C@H](OC(C)=O)[C@H]4OC(C)(C)O[C@H]43)CO2)[C@@H](OC(C)=O)[C@H](OC(C)=O)[C@H]1OC(C)=O. The molecule has 0 bridgehead atoms. The van der Waals surface area contributed by atoms with E-state index in [1.165, 1.54) is 34.8 Å². The van der Waals surface area contributed by atoms with Crippen molar-refractivity contribution in [3.8, 4) is 0 Å². The molecule has 3 fully saturated rings. The van der Waals surface area contributed by atoms with Crippen LogP contribution in [0.3, 0.4) is 0 Å². The molecule has 1 N–H and O–H groups in total. The molecule has 0 spiro atoms. The highest BCUT2D eigenvalue weighted by atomic mass is 16.8. The quantitative estimate of drug-likeness (QED) is 0.277. The molecule has 0 aromatic rings. The zero-order valence-electron chi connectivity index (χ0n) is 23.9. The Morgan fingerprint density at radius 2 is 1.39 bits per heavy atom. The summed E-state index contributed by atoms with van der Waals surface area (Å²) in [6, 6.07) is -0.400. The van der Waals surface area contributed by atoms with Crippen molar-refractivity contribution in [3.63, 3.8) is 0 Å². The number of rotatable bonds is 8.